The van der Waals surface area contributed by atoms with Crippen LogP contribution in [0.15, 0.2) is 41.1 Å². The molecule has 27 heavy (non-hydrogen) atoms. The van der Waals surface area contributed by atoms with E-state index in [0.717, 1.165) is 30.2 Å². The Morgan fingerprint density at radius 1 is 1.30 bits per heavy atom. The number of aryl methyl sites for hydroxylation is 1. The molecule has 0 bridgehead atoms. The van der Waals surface area contributed by atoms with Gasteiger partial charge in [-0.15, -0.1) is 0 Å². The molecule has 8 nitrogen and oxygen atoms in total. The zero-order chi connectivity index (χ0) is 18.5. The maximum absolute atomic E-state index is 12.3. The molecule has 4 rings (SSSR count). The van der Waals surface area contributed by atoms with Crippen LogP contribution >= 0.6 is 0 Å². The largest absolute Gasteiger partial charge is 0.468 e. The topological polar surface area (TPSA) is 96.3 Å². The molecule has 0 aromatic carbocycles. The zero-order valence-corrected chi connectivity index (χ0v) is 15.1. The van der Waals surface area contributed by atoms with Crippen LogP contribution in [0.2, 0.25) is 0 Å². The third kappa shape index (κ3) is 4.35. The number of hydrogen-bond donors (Lipinski definition) is 2. The first-order chi connectivity index (χ1) is 13.3. The summed E-state index contributed by atoms with van der Waals surface area (Å²) >= 11 is 0. The van der Waals surface area contributed by atoms with Gasteiger partial charge in [0.1, 0.15) is 11.6 Å². The number of aromatic nitrogens is 3. The van der Waals surface area contributed by atoms with Gasteiger partial charge in [0.25, 0.3) is 0 Å². The zero-order valence-electron chi connectivity index (χ0n) is 15.1. The minimum absolute atomic E-state index is 0.00627. The molecule has 1 aliphatic heterocycles. The van der Waals surface area contributed by atoms with E-state index in [1.807, 2.05) is 24.3 Å². The molecule has 3 aromatic rings. The molecule has 1 atom stereocenters. The van der Waals surface area contributed by atoms with Crippen LogP contribution in [-0.2, 0) is 16.0 Å². The van der Waals surface area contributed by atoms with Gasteiger partial charge in [-0.2, -0.15) is 0 Å². The number of furan rings is 1. The lowest BCUT2D eigenvalue weighted by Crippen LogP contribution is -2.43. The van der Waals surface area contributed by atoms with Crippen LogP contribution in [-0.4, -0.2) is 58.6 Å². The van der Waals surface area contributed by atoms with Gasteiger partial charge >= 0.3 is 0 Å². The van der Waals surface area contributed by atoms with Gasteiger partial charge in [0.05, 0.1) is 31.0 Å². The molecule has 0 saturated carbocycles. The Labute approximate surface area is 156 Å². The number of pyridine rings is 1. The first kappa shape index (κ1) is 17.7. The van der Waals surface area contributed by atoms with E-state index in [4.69, 9.17) is 9.15 Å². The number of nitrogens with zero attached hydrogens (tertiary/aromatic N) is 3. The van der Waals surface area contributed by atoms with Crippen molar-refractivity contribution in [2.45, 2.75) is 18.9 Å². The van der Waals surface area contributed by atoms with E-state index in [1.54, 1.807) is 12.5 Å². The number of fused-ring (bicyclic) bond motifs is 1. The van der Waals surface area contributed by atoms with Crippen LogP contribution in [0, 0.1) is 0 Å². The van der Waals surface area contributed by atoms with Crippen molar-refractivity contribution in [1.82, 2.24) is 25.2 Å². The van der Waals surface area contributed by atoms with Crippen molar-refractivity contribution >= 4 is 17.1 Å². The Hall–Kier alpha value is -2.71. The highest BCUT2D eigenvalue weighted by atomic mass is 16.5. The van der Waals surface area contributed by atoms with Crippen LogP contribution in [0.5, 0.6) is 0 Å². The number of ether oxygens (including phenoxy) is 1. The van der Waals surface area contributed by atoms with Crippen molar-refractivity contribution in [3.8, 4) is 0 Å². The standard InChI is InChI=1S/C19H23N5O3/c25-18(6-5-17-22-14-3-1-7-20-19(14)23-17)21-13-15(16-4-2-10-27-16)24-8-11-26-12-9-24/h1-4,7,10,15H,5-6,8-9,11-13H2,(H,21,25)(H,20,22,23)/t15-/m0/s1. The maximum atomic E-state index is 12.3. The predicted molar refractivity (Wildman–Crippen MR) is 99.1 cm³/mol. The molecule has 1 aliphatic rings. The van der Waals surface area contributed by atoms with Crippen LogP contribution in [0.3, 0.4) is 0 Å². The summed E-state index contributed by atoms with van der Waals surface area (Å²) in [5.41, 5.74) is 1.57. The second kappa shape index (κ2) is 8.32. The van der Waals surface area contributed by atoms with Crippen molar-refractivity contribution in [3.05, 3.63) is 48.3 Å². The average molecular weight is 369 g/mol. The van der Waals surface area contributed by atoms with E-state index in [9.17, 15) is 4.79 Å². The molecule has 1 fully saturated rings. The summed E-state index contributed by atoms with van der Waals surface area (Å²) in [5.74, 6) is 1.63. The Morgan fingerprint density at radius 3 is 2.96 bits per heavy atom. The average Bonchev–Trinajstić information content (AvgIpc) is 3.37. The summed E-state index contributed by atoms with van der Waals surface area (Å²) in [6, 6.07) is 7.63. The first-order valence-corrected chi connectivity index (χ1v) is 9.21. The van der Waals surface area contributed by atoms with E-state index in [2.05, 4.69) is 25.2 Å². The fourth-order valence-corrected chi connectivity index (χ4v) is 3.32. The molecule has 0 radical (unpaired) electrons. The van der Waals surface area contributed by atoms with Crippen LogP contribution in [0.1, 0.15) is 24.0 Å². The number of nitrogens with one attached hydrogen (secondary N) is 2. The fourth-order valence-electron chi connectivity index (χ4n) is 3.32. The number of H-pyrrole nitrogens is 1. The molecular weight excluding hydrogens is 346 g/mol. The van der Waals surface area contributed by atoms with E-state index >= 15 is 0 Å². The van der Waals surface area contributed by atoms with Crippen molar-refractivity contribution < 1.29 is 13.9 Å². The Morgan fingerprint density at radius 2 is 2.19 bits per heavy atom. The molecule has 0 aliphatic carbocycles. The van der Waals surface area contributed by atoms with Crippen molar-refractivity contribution in [2.24, 2.45) is 0 Å². The summed E-state index contributed by atoms with van der Waals surface area (Å²) in [5, 5.41) is 3.03. The smallest absolute Gasteiger partial charge is 0.220 e. The third-order valence-corrected chi connectivity index (χ3v) is 4.75. The Bertz CT molecular complexity index is 837. The third-order valence-electron chi connectivity index (χ3n) is 4.75. The van der Waals surface area contributed by atoms with Gasteiger partial charge in [0.2, 0.25) is 5.91 Å². The molecular formula is C19H23N5O3. The Balaban J connectivity index is 1.32. The molecule has 142 valence electrons. The number of imidazole rings is 1. The molecule has 1 amide bonds. The Kier molecular flexibility index (Phi) is 5.45. The second-order valence-electron chi connectivity index (χ2n) is 6.54. The summed E-state index contributed by atoms with van der Waals surface area (Å²) < 4.78 is 11.0. The molecule has 1 saturated heterocycles. The van der Waals surface area contributed by atoms with Gasteiger partial charge < -0.3 is 19.5 Å². The lowest BCUT2D eigenvalue weighted by molar-refractivity contribution is -0.121. The van der Waals surface area contributed by atoms with Crippen LogP contribution in [0.4, 0.5) is 0 Å². The second-order valence-corrected chi connectivity index (χ2v) is 6.54. The molecule has 3 aromatic heterocycles. The number of rotatable bonds is 7. The van der Waals surface area contributed by atoms with E-state index in [-0.39, 0.29) is 11.9 Å². The van der Waals surface area contributed by atoms with Crippen LogP contribution in [0.25, 0.3) is 11.2 Å². The van der Waals surface area contributed by atoms with Crippen LogP contribution < -0.4 is 5.32 Å². The highest BCUT2D eigenvalue weighted by molar-refractivity contribution is 5.76. The normalized spacial score (nSPS) is 16.4. The maximum Gasteiger partial charge on any atom is 0.220 e. The monoisotopic (exact) mass is 369 g/mol. The van der Waals surface area contributed by atoms with Gasteiger partial charge in [-0.1, -0.05) is 0 Å². The van der Waals surface area contributed by atoms with E-state index in [0.29, 0.717) is 38.2 Å². The van der Waals surface area contributed by atoms with Crippen molar-refractivity contribution in [1.29, 1.82) is 0 Å². The quantitative estimate of drug-likeness (QED) is 0.658. The van der Waals surface area contributed by atoms with E-state index in [1.165, 1.54) is 0 Å². The minimum Gasteiger partial charge on any atom is -0.468 e. The minimum atomic E-state index is -0.00627. The predicted octanol–water partition coefficient (Wildman–Crippen LogP) is 1.67. The SMILES string of the molecule is O=C(CCc1nc2ncccc2[nH]1)NC[C@@H](c1ccco1)N1CCOCC1. The molecule has 2 N–H and O–H groups in total. The lowest BCUT2D eigenvalue weighted by atomic mass is 10.1. The lowest BCUT2D eigenvalue weighted by Gasteiger charge is -2.33. The van der Waals surface area contributed by atoms with Gasteiger partial charge in [-0.25, -0.2) is 9.97 Å². The van der Waals surface area contributed by atoms with E-state index < -0.39 is 0 Å². The highest BCUT2D eigenvalue weighted by Gasteiger charge is 2.25. The number of aromatic amines is 1. The summed E-state index contributed by atoms with van der Waals surface area (Å²) in [4.78, 5) is 26.4. The number of hydrogen-bond acceptors (Lipinski definition) is 6. The number of amides is 1. The molecule has 4 heterocycles. The number of morpholine rings is 1. The molecule has 0 spiro atoms. The van der Waals surface area contributed by atoms with Gasteiger partial charge in [-0.3, -0.25) is 9.69 Å². The highest BCUT2D eigenvalue weighted by Crippen LogP contribution is 2.21. The number of carbonyl (C=O) groups excluding carboxylic acids is 1. The summed E-state index contributed by atoms with van der Waals surface area (Å²) in [6.07, 6.45) is 4.29. The van der Waals surface area contributed by atoms with Gasteiger partial charge in [-0.05, 0) is 24.3 Å². The summed E-state index contributed by atoms with van der Waals surface area (Å²) in [6.45, 7) is 3.56. The van der Waals surface area contributed by atoms with Crippen molar-refractivity contribution in [3.63, 3.8) is 0 Å². The van der Waals surface area contributed by atoms with Gasteiger partial charge in [0.15, 0.2) is 5.65 Å². The number of carbonyl (C=O) groups is 1. The molecule has 8 heteroatoms. The molecule has 0 unspecified atom stereocenters. The first-order valence-electron chi connectivity index (χ1n) is 9.21. The summed E-state index contributed by atoms with van der Waals surface area (Å²) in [7, 11) is 0. The fraction of sp³-hybridized carbons (Fsp3) is 0.421. The van der Waals surface area contributed by atoms with Crippen molar-refractivity contribution in [2.75, 3.05) is 32.8 Å². The van der Waals surface area contributed by atoms with Gasteiger partial charge in [0, 0.05) is 38.7 Å².